The number of Topliss-reactive ketones (excluding diaryl/α,β-unsaturated/α-hetero) is 1. The maximum atomic E-state index is 11.4. The highest BCUT2D eigenvalue weighted by Crippen LogP contribution is 2.11. The molecule has 0 rings (SSSR count). The predicted octanol–water partition coefficient (Wildman–Crippen LogP) is 3.27. The van der Waals surface area contributed by atoms with Crippen molar-refractivity contribution in [3.05, 3.63) is 23.8 Å². The van der Waals surface area contributed by atoms with Crippen LogP contribution in [-0.4, -0.2) is 5.78 Å². The Morgan fingerprint density at radius 1 is 1.33 bits per heavy atom. The molecule has 0 aliphatic carbocycles. The van der Waals surface area contributed by atoms with E-state index in [1.165, 1.54) is 0 Å². The molecule has 0 fully saturated rings. The van der Waals surface area contributed by atoms with Crippen molar-refractivity contribution in [3.8, 4) is 0 Å². The van der Waals surface area contributed by atoms with Gasteiger partial charge < -0.3 is 0 Å². The predicted molar refractivity (Wildman–Crippen MR) is 53.1 cm³/mol. The van der Waals surface area contributed by atoms with Crippen LogP contribution in [-0.2, 0) is 4.79 Å². The minimum atomic E-state index is 0.229. The van der Waals surface area contributed by atoms with Gasteiger partial charge in [0.25, 0.3) is 0 Å². The summed E-state index contributed by atoms with van der Waals surface area (Å²) in [6.45, 7) is 9.75. The lowest BCUT2D eigenvalue weighted by atomic mass is 10.0. The fourth-order valence-corrected chi connectivity index (χ4v) is 1.03. The van der Waals surface area contributed by atoms with Crippen LogP contribution in [0.5, 0.6) is 0 Å². The number of carbonyl (C=O) groups is 1. The van der Waals surface area contributed by atoms with E-state index in [1.54, 1.807) is 0 Å². The first-order chi connectivity index (χ1) is 5.65. The second-order valence-electron chi connectivity index (χ2n) is 2.87. The highest BCUT2D eigenvalue weighted by Gasteiger charge is 2.06. The molecule has 1 nitrogen and oxygen atoms in total. The summed E-state index contributed by atoms with van der Waals surface area (Å²) in [6.07, 6.45) is 4.13. The van der Waals surface area contributed by atoms with Gasteiger partial charge in [0.2, 0.25) is 0 Å². The molecule has 0 aromatic heterocycles. The minimum absolute atomic E-state index is 0.229. The van der Waals surface area contributed by atoms with Crippen LogP contribution in [0, 0.1) is 0 Å². The van der Waals surface area contributed by atoms with Gasteiger partial charge in [-0.25, -0.2) is 0 Å². The Hall–Kier alpha value is -0.850. The summed E-state index contributed by atoms with van der Waals surface area (Å²) in [7, 11) is 0. The molecule has 0 saturated heterocycles. The average molecular weight is 166 g/mol. The van der Waals surface area contributed by atoms with Crippen LogP contribution in [0.15, 0.2) is 23.8 Å². The van der Waals surface area contributed by atoms with E-state index in [9.17, 15) is 4.79 Å². The summed E-state index contributed by atoms with van der Waals surface area (Å²) < 4.78 is 0. The molecule has 0 spiro atoms. The van der Waals surface area contributed by atoms with Gasteiger partial charge in [-0.3, -0.25) is 4.79 Å². The first kappa shape index (κ1) is 11.2. The Morgan fingerprint density at radius 2 is 1.92 bits per heavy atom. The monoisotopic (exact) mass is 166 g/mol. The van der Waals surface area contributed by atoms with E-state index in [0.717, 1.165) is 24.0 Å². The van der Waals surface area contributed by atoms with E-state index in [2.05, 4.69) is 6.58 Å². The molecule has 0 amide bonds. The van der Waals surface area contributed by atoms with E-state index in [1.807, 2.05) is 26.8 Å². The topological polar surface area (TPSA) is 17.1 Å². The van der Waals surface area contributed by atoms with E-state index in [-0.39, 0.29) is 5.78 Å². The number of carbonyl (C=O) groups excluding carboxylic acids is 1. The van der Waals surface area contributed by atoms with E-state index < -0.39 is 0 Å². The highest BCUT2D eigenvalue weighted by atomic mass is 16.1. The number of rotatable bonds is 5. The standard InChI is InChI=1S/C11H18O/c1-5-9(4)8-11(12)10(6-2)7-3/h6H,4-5,7-8H2,1-3H3. The van der Waals surface area contributed by atoms with Crippen LogP contribution in [0.1, 0.15) is 40.0 Å². The van der Waals surface area contributed by atoms with Crippen molar-refractivity contribution >= 4 is 5.78 Å². The maximum absolute atomic E-state index is 11.4. The number of allylic oxidation sites excluding steroid dienone is 3. The first-order valence-electron chi connectivity index (χ1n) is 4.50. The molecular weight excluding hydrogens is 148 g/mol. The van der Waals surface area contributed by atoms with E-state index in [0.29, 0.717) is 6.42 Å². The van der Waals surface area contributed by atoms with Crippen molar-refractivity contribution in [3.63, 3.8) is 0 Å². The SMILES string of the molecule is C=C(CC)CC(=O)C(=CC)CC. The Labute approximate surface area is 75.2 Å². The second-order valence-corrected chi connectivity index (χ2v) is 2.87. The van der Waals surface area contributed by atoms with Crippen molar-refractivity contribution in [2.45, 2.75) is 40.0 Å². The van der Waals surface area contributed by atoms with Crippen molar-refractivity contribution in [2.24, 2.45) is 0 Å². The summed E-state index contributed by atoms with van der Waals surface area (Å²) in [4.78, 5) is 11.4. The smallest absolute Gasteiger partial charge is 0.162 e. The van der Waals surface area contributed by atoms with Crippen LogP contribution in [0.2, 0.25) is 0 Å². The van der Waals surface area contributed by atoms with Gasteiger partial charge in [-0.05, 0) is 25.3 Å². The highest BCUT2D eigenvalue weighted by molar-refractivity contribution is 5.96. The van der Waals surface area contributed by atoms with Crippen LogP contribution >= 0.6 is 0 Å². The number of ketones is 1. The summed E-state index contributed by atoms with van der Waals surface area (Å²) >= 11 is 0. The molecule has 0 aliphatic rings. The zero-order valence-electron chi connectivity index (χ0n) is 8.31. The van der Waals surface area contributed by atoms with Crippen molar-refractivity contribution < 1.29 is 4.79 Å². The normalized spacial score (nSPS) is 11.4. The number of hydrogen-bond acceptors (Lipinski definition) is 1. The Kier molecular flexibility index (Phi) is 5.35. The molecule has 0 unspecified atom stereocenters. The summed E-state index contributed by atoms with van der Waals surface area (Å²) in [5, 5.41) is 0. The van der Waals surface area contributed by atoms with Crippen LogP contribution < -0.4 is 0 Å². The molecule has 0 N–H and O–H groups in total. The Bertz CT molecular complexity index is 199. The third-order valence-corrected chi connectivity index (χ3v) is 2.00. The zero-order valence-corrected chi connectivity index (χ0v) is 8.31. The third-order valence-electron chi connectivity index (χ3n) is 2.00. The largest absolute Gasteiger partial charge is 0.294 e. The van der Waals surface area contributed by atoms with Gasteiger partial charge in [-0.15, -0.1) is 0 Å². The van der Waals surface area contributed by atoms with Gasteiger partial charge >= 0.3 is 0 Å². The third kappa shape index (κ3) is 3.51. The van der Waals surface area contributed by atoms with E-state index in [4.69, 9.17) is 0 Å². The molecule has 0 aromatic rings. The quantitative estimate of drug-likeness (QED) is 0.452. The summed E-state index contributed by atoms with van der Waals surface area (Å²) in [6, 6.07) is 0. The minimum Gasteiger partial charge on any atom is -0.294 e. The molecule has 0 saturated carbocycles. The Balaban J connectivity index is 4.12. The van der Waals surface area contributed by atoms with Crippen molar-refractivity contribution in [2.75, 3.05) is 0 Å². The van der Waals surface area contributed by atoms with Crippen LogP contribution in [0.3, 0.4) is 0 Å². The molecule has 12 heavy (non-hydrogen) atoms. The molecule has 1 heteroatoms. The molecule has 0 bridgehead atoms. The lowest BCUT2D eigenvalue weighted by Crippen LogP contribution is -2.02. The number of hydrogen-bond donors (Lipinski definition) is 0. The summed E-state index contributed by atoms with van der Waals surface area (Å²) in [5.74, 6) is 0.229. The van der Waals surface area contributed by atoms with Gasteiger partial charge in [-0.2, -0.15) is 0 Å². The average Bonchev–Trinajstić information content (AvgIpc) is 2.06. The Morgan fingerprint density at radius 3 is 2.25 bits per heavy atom. The van der Waals surface area contributed by atoms with E-state index >= 15 is 0 Å². The van der Waals surface area contributed by atoms with Gasteiger partial charge in [-0.1, -0.05) is 32.1 Å². The second kappa shape index (κ2) is 5.76. The van der Waals surface area contributed by atoms with Gasteiger partial charge in [0, 0.05) is 6.42 Å². The molecule has 0 atom stereocenters. The van der Waals surface area contributed by atoms with Gasteiger partial charge in [0.1, 0.15) is 0 Å². The van der Waals surface area contributed by atoms with Crippen molar-refractivity contribution in [1.29, 1.82) is 0 Å². The molecule has 0 aromatic carbocycles. The van der Waals surface area contributed by atoms with Crippen LogP contribution in [0.4, 0.5) is 0 Å². The summed E-state index contributed by atoms with van der Waals surface area (Å²) in [5.41, 5.74) is 1.94. The molecule has 0 radical (unpaired) electrons. The fraction of sp³-hybridized carbons (Fsp3) is 0.545. The lowest BCUT2D eigenvalue weighted by Gasteiger charge is -2.03. The fourth-order valence-electron chi connectivity index (χ4n) is 1.03. The van der Waals surface area contributed by atoms with Crippen molar-refractivity contribution in [1.82, 2.24) is 0 Å². The van der Waals surface area contributed by atoms with Gasteiger partial charge in [0.05, 0.1) is 0 Å². The molecular formula is C11H18O. The maximum Gasteiger partial charge on any atom is 0.162 e. The molecule has 0 aliphatic heterocycles. The lowest BCUT2D eigenvalue weighted by molar-refractivity contribution is -0.115. The molecule has 68 valence electrons. The first-order valence-corrected chi connectivity index (χ1v) is 4.50. The zero-order chi connectivity index (χ0) is 9.56. The van der Waals surface area contributed by atoms with Gasteiger partial charge in [0.15, 0.2) is 5.78 Å². The molecule has 0 heterocycles. The van der Waals surface area contributed by atoms with Crippen LogP contribution in [0.25, 0.3) is 0 Å².